The van der Waals surface area contributed by atoms with Crippen LogP contribution in [0.25, 0.3) is 0 Å². The third-order valence-electron chi connectivity index (χ3n) is 6.59. The third kappa shape index (κ3) is 4.57. The predicted molar refractivity (Wildman–Crippen MR) is 112 cm³/mol. The Labute approximate surface area is 184 Å². The molecule has 2 N–H and O–H groups in total. The summed E-state index contributed by atoms with van der Waals surface area (Å²) in [5.74, 6) is -0.753. The zero-order valence-corrected chi connectivity index (χ0v) is 17.7. The average molecular weight is 447 g/mol. The summed E-state index contributed by atoms with van der Waals surface area (Å²) in [5, 5.41) is 13.9. The Morgan fingerprint density at radius 2 is 2.00 bits per heavy atom. The lowest BCUT2D eigenvalue weighted by Gasteiger charge is -2.56. The van der Waals surface area contributed by atoms with Crippen LogP contribution in [-0.4, -0.2) is 40.0 Å². The minimum Gasteiger partial charge on any atom is -0.486 e. The molecule has 1 heterocycles. The van der Waals surface area contributed by atoms with Crippen molar-refractivity contribution in [2.45, 2.75) is 50.2 Å². The second kappa shape index (κ2) is 8.55. The van der Waals surface area contributed by atoms with Crippen molar-refractivity contribution in [3.05, 3.63) is 59.1 Å². The van der Waals surface area contributed by atoms with Crippen molar-refractivity contribution >= 4 is 23.3 Å². The molecule has 1 atom stereocenters. The number of ether oxygens (including phenoxy) is 1. The first kappa shape index (κ1) is 21.7. The molecule has 8 heteroatoms. The third-order valence-corrected chi connectivity index (χ3v) is 6.90. The van der Waals surface area contributed by atoms with Gasteiger partial charge in [0.2, 0.25) is 0 Å². The second-order valence-corrected chi connectivity index (χ2v) is 9.03. The van der Waals surface area contributed by atoms with Crippen LogP contribution in [0.15, 0.2) is 42.6 Å². The van der Waals surface area contributed by atoms with E-state index in [-0.39, 0.29) is 40.9 Å². The van der Waals surface area contributed by atoms with Gasteiger partial charge < -0.3 is 15.2 Å². The number of hydrogen-bond acceptors (Lipinski definition) is 5. The highest BCUT2D eigenvalue weighted by Crippen LogP contribution is 2.54. The fraction of sp³-hybridized carbons (Fsp3) is 0.435. The summed E-state index contributed by atoms with van der Waals surface area (Å²) < 4.78 is 18.9. The monoisotopic (exact) mass is 446 g/mol. The van der Waals surface area contributed by atoms with Gasteiger partial charge in [-0.1, -0.05) is 17.7 Å². The van der Waals surface area contributed by atoms with Crippen molar-refractivity contribution < 1.29 is 23.8 Å². The summed E-state index contributed by atoms with van der Waals surface area (Å²) in [4.78, 5) is 29.2. The number of Topliss-reactive ketones (excluding diaryl/α,β-unsaturated/α-hetero) is 1. The van der Waals surface area contributed by atoms with E-state index in [1.807, 2.05) is 0 Å². The molecule has 0 spiro atoms. The molecule has 3 aliphatic rings. The topological polar surface area (TPSA) is 88.5 Å². The van der Waals surface area contributed by atoms with Crippen LogP contribution in [0.3, 0.4) is 0 Å². The maximum Gasteiger partial charge on any atom is 0.270 e. The molecule has 3 aliphatic carbocycles. The van der Waals surface area contributed by atoms with Gasteiger partial charge in [-0.15, -0.1) is 0 Å². The lowest BCUT2D eigenvalue weighted by Crippen LogP contribution is -2.64. The van der Waals surface area contributed by atoms with Crippen molar-refractivity contribution in [2.75, 3.05) is 6.61 Å². The quantitative estimate of drug-likeness (QED) is 0.677. The van der Waals surface area contributed by atoms with E-state index in [1.165, 1.54) is 12.1 Å². The number of carbonyl (C=O) groups excluding carboxylic acids is 2. The van der Waals surface area contributed by atoms with E-state index in [0.717, 1.165) is 18.9 Å². The summed E-state index contributed by atoms with van der Waals surface area (Å²) in [6, 6.07) is 9.17. The van der Waals surface area contributed by atoms with Gasteiger partial charge in [-0.3, -0.25) is 14.6 Å². The molecule has 2 aromatic rings. The number of hydrogen-bond donors (Lipinski definition) is 2. The Kier molecular flexibility index (Phi) is 5.99. The van der Waals surface area contributed by atoms with Crippen molar-refractivity contribution in [3.8, 4) is 5.75 Å². The average Bonchev–Trinajstić information content (AvgIpc) is 2.76. The highest BCUT2D eigenvalue weighted by Gasteiger charge is 2.55. The lowest BCUT2D eigenvalue weighted by atomic mass is 9.54. The Balaban J connectivity index is 1.34. The molecule has 0 aliphatic heterocycles. The summed E-state index contributed by atoms with van der Waals surface area (Å²) in [6.45, 7) is -0.166. The van der Waals surface area contributed by atoms with Crippen molar-refractivity contribution in [3.63, 3.8) is 0 Å². The fourth-order valence-corrected chi connectivity index (χ4v) is 4.93. The standard InChI is InChI=1S/C23H24ClFN2O4/c24-17-5-4-16(11-18(17)25)31-14-15(28)12-22-6-8-23(9-7-22,20(29)13-22)27-21(30)19-3-1-2-10-26-19/h1-5,10-11,20,29H,6-9,12-14H2,(H,27,30). The molecule has 2 bridgehead atoms. The molecule has 3 fully saturated rings. The number of nitrogens with zero attached hydrogens (tertiary/aromatic N) is 1. The zero-order valence-electron chi connectivity index (χ0n) is 16.9. The molecule has 1 amide bonds. The number of aromatic nitrogens is 1. The molecular weight excluding hydrogens is 423 g/mol. The van der Waals surface area contributed by atoms with Gasteiger partial charge in [-0.2, -0.15) is 0 Å². The largest absolute Gasteiger partial charge is 0.486 e. The fourth-order valence-electron chi connectivity index (χ4n) is 4.81. The van der Waals surface area contributed by atoms with Crippen LogP contribution in [0.5, 0.6) is 5.75 Å². The normalized spacial score (nSPS) is 27.0. The molecular formula is C23H24ClFN2O4. The first-order chi connectivity index (χ1) is 14.8. The van der Waals surface area contributed by atoms with E-state index in [0.29, 0.717) is 25.0 Å². The Bertz CT molecular complexity index is 977. The lowest BCUT2D eigenvalue weighted by molar-refractivity contribution is -0.130. The van der Waals surface area contributed by atoms with Crippen molar-refractivity contribution in [2.24, 2.45) is 5.41 Å². The number of benzene rings is 1. The molecule has 6 nitrogen and oxygen atoms in total. The highest BCUT2D eigenvalue weighted by molar-refractivity contribution is 6.30. The van der Waals surface area contributed by atoms with Crippen LogP contribution in [0.1, 0.15) is 49.0 Å². The van der Waals surface area contributed by atoms with Crippen LogP contribution in [0, 0.1) is 11.2 Å². The summed E-state index contributed by atoms with van der Waals surface area (Å²) >= 11 is 5.65. The highest BCUT2D eigenvalue weighted by atomic mass is 35.5. The molecule has 1 unspecified atom stereocenters. The first-order valence-corrected chi connectivity index (χ1v) is 10.7. The van der Waals surface area contributed by atoms with Crippen LogP contribution >= 0.6 is 11.6 Å². The SMILES string of the molecule is O=C(COc1ccc(Cl)c(F)c1)CC12CCC(NC(=O)c3ccccn3)(CC1)C(O)C2. The summed E-state index contributed by atoms with van der Waals surface area (Å²) in [6.07, 6.45) is 4.21. The van der Waals surface area contributed by atoms with Gasteiger partial charge in [0.05, 0.1) is 16.7 Å². The predicted octanol–water partition coefficient (Wildman–Crippen LogP) is 3.71. The van der Waals surface area contributed by atoms with E-state index in [1.54, 1.807) is 24.4 Å². The number of aliphatic hydroxyl groups excluding tert-OH is 1. The summed E-state index contributed by atoms with van der Waals surface area (Å²) in [7, 11) is 0. The number of aliphatic hydroxyl groups is 1. The second-order valence-electron chi connectivity index (χ2n) is 8.63. The first-order valence-electron chi connectivity index (χ1n) is 10.3. The van der Waals surface area contributed by atoms with Gasteiger partial charge in [-0.05, 0) is 61.8 Å². The number of carbonyl (C=O) groups is 2. The molecule has 164 valence electrons. The van der Waals surface area contributed by atoms with E-state index in [2.05, 4.69) is 10.3 Å². The van der Waals surface area contributed by atoms with Gasteiger partial charge in [-0.25, -0.2) is 4.39 Å². The zero-order chi connectivity index (χ0) is 22.1. The van der Waals surface area contributed by atoms with Gasteiger partial charge in [0, 0.05) is 18.7 Å². The van der Waals surface area contributed by atoms with E-state index < -0.39 is 17.5 Å². The molecule has 0 radical (unpaired) electrons. The van der Waals surface area contributed by atoms with Gasteiger partial charge in [0.15, 0.2) is 5.78 Å². The van der Waals surface area contributed by atoms with Crippen LogP contribution in [-0.2, 0) is 4.79 Å². The molecule has 0 saturated heterocycles. The molecule has 3 saturated carbocycles. The molecule has 5 rings (SSSR count). The number of amides is 1. The van der Waals surface area contributed by atoms with Crippen LogP contribution in [0.2, 0.25) is 5.02 Å². The van der Waals surface area contributed by atoms with Gasteiger partial charge in [0.1, 0.15) is 23.9 Å². The number of ketones is 1. The van der Waals surface area contributed by atoms with E-state index >= 15 is 0 Å². The van der Waals surface area contributed by atoms with Gasteiger partial charge in [0.25, 0.3) is 5.91 Å². The molecule has 1 aromatic carbocycles. The van der Waals surface area contributed by atoms with Crippen molar-refractivity contribution in [1.29, 1.82) is 0 Å². The van der Waals surface area contributed by atoms with Crippen LogP contribution < -0.4 is 10.1 Å². The minimum atomic E-state index is -0.734. The number of pyridine rings is 1. The smallest absolute Gasteiger partial charge is 0.270 e. The maximum atomic E-state index is 13.5. The van der Waals surface area contributed by atoms with E-state index in [4.69, 9.17) is 16.3 Å². The Morgan fingerprint density at radius 1 is 1.23 bits per heavy atom. The molecule has 31 heavy (non-hydrogen) atoms. The Morgan fingerprint density at radius 3 is 2.65 bits per heavy atom. The maximum absolute atomic E-state index is 13.5. The minimum absolute atomic E-state index is 0.00501. The number of nitrogens with one attached hydrogen (secondary N) is 1. The van der Waals surface area contributed by atoms with Crippen molar-refractivity contribution in [1.82, 2.24) is 10.3 Å². The number of fused-ring (bicyclic) bond motifs is 3. The number of rotatable bonds is 7. The Hall–Kier alpha value is -2.51. The number of halogens is 2. The van der Waals surface area contributed by atoms with Gasteiger partial charge >= 0.3 is 0 Å². The summed E-state index contributed by atoms with van der Waals surface area (Å²) in [5.41, 5.74) is -0.670. The van der Waals surface area contributed by atoms with E-state index in [9.17, 15) is 19.1 Å². The van der Waals surface area contributed by atoms with Crippen LogP contribution in [0.4, 0.5) is 4.39 Å². The molecule has 1 aromatic heterocycles.